The van der Waals surface area contributed by atoms with Gasteiger partial charge in [-0.2, -0.15) is 5.10 Å². The lowest BCUT2D eigenvalue weighted by Gasteiger charge is -2.37. The Bertz CT molecular complexity index is 495. The standard InChI is InChI=1S/C17H30N4O2/c1-12(20-13(2)15-9-18-19-10-15)14-7-6-8-21(11-14)16(22)23-17(3,4)5/h9-10,12-14,20H,6-8,11H2,1-5H3,(H,18,19). The largest absolute Gasteiger partial charge is 0.444 e. The summed E-state index contributed by atoms with van der Waals surface area (Å²) >= 11 is 0. The van der Waals surface area contributed by atoms with Gasteiger partial charge in [0.25, 0.3) is 0 Å². The van der Waals surface area contributed by atoms with Crippen LogP contribution in [-0.2, 0) is 4.74 Å². The van der Waals surface area contributed by atoms with Gasteiger partial charge >= 0.3 is 6.09 Å². The predicted molar refractivity (Wildman–Crippen MR) is 90.1 cm³/mol. The van der Waals surface area contributed by atoms with Crippen LogP contribution in [0.25, 0.3) is 0 Å². The summed E-state index contributed by atoms with van der Waals surface area (Å²) in [5.74, 6) is 0.436. The van der Waals surface area contributed by atoms with Crippen molar-refractivity contribution in [2.24, 2.45) is 5.92 Å². The second-order valence-corrected chi connectivity index (χ2v) is 7.54. The quantitative estimate of drug-likeness (QED) is 0.893. The Labute approximate surface area is 139 Å². The molecule has 1 saturated heterocycles. The van der Waals surface area contributed by atoms with Crippen LogP contribution in [0.4, 0.5) is 4.79 Å². The molecule has 2 rings (SSSR count). The first-order valence-electron chi connectivity index (χ1n) is 8.49. The van der Waals surface area contributed by atoms with Crippen molar-refractivity contribution in [3.63, 3.8) is 0 Å². The first-order chi connectivity index (χ1) is 10.8. The number of nitrogens with zero attached hydrogens (tertiary/aromatic N) is 2. The number of carbonyl (C=O) groups excluding carboxylic acids is 1. The van der Waals surface area contributed by atoms with E-state index >= 15 is 0 Å². The van der Waals surface area contributed by atoms with Crippen LogP contribution in [0.15, 0.2) is 12.4 Å². The molecular formula is C17H30N4O2. The minimum Gasteiger partial charge on any atom is -0.444 e. The van der Waals surface area contributed by atoms with Crippen LogP contribution in [0.2, 0.25) is 0 Å². The van der Waals surface area contributed by atoms with Crippen molar-refractivity contribution in [3.8, 4) is 0 Å². The molecule has 0 aliphatic carbocycles. The van der Waals surface area contributed by atoms with E-state index in [-0.39, 0.29) is 12.1 Å². The highest BCUT2D eigenvalue weighted by molar-refractivity contribution is 5.68. The summed E-state index contributed by atoms with van der Waals surface area (Å²) in [6.07, 6.45) is 5.72. The van der Waals surface area contributed by atoms with Gasteiger partial charge in [0.15, 0.2) is 0 Å². The fourth-order valence-corrected chi connectivity index (χ4v) is 3.03. The van der Waals surface area contributed by atoms with Crippen LogP contribution in [0, 0.1) is 5.92 Å². The van der Waals surface area contributed by atoms with Gasteiger partial charge in [0.2, 0.25) is 0 Å². The zero-order valence-corrected chi connectivity index (χ0v) is 14.9. The highest BCUT2D eigenvalue weighted by Gasteiger charge is 2.30. The second kappa shape index (κ2) is 7.34. The second-order valence-electron chi connectivity index (χ2n) is 7.54. The molecule has 3 atom stereocenters. The SMILES string of the molecule is CC(NC(C)C1CCCN(C(=O)OC(C)(C)C)C1)c1cn[nH]c1. The van der Waals surface area contributed by atoms with Crippen molar-refractivity contribution in [2.75, 3.05) is 13.1 Å². The monoisotopic (exact) mass is 322 g/mol. The summed E-state index contributed by atoms with van der Waals surface area (Å²) in [7, 11) is 0. The Morgan fingerprint density at radius 2 is 2.22 bits per heavy atom. The fourth-order valence-electron chi connectivity index (χ4n) is 3.03. The summed E-state index contributed by atoms with van der Waals surface area (Å²) in [4.78, 5) is 14.1. The van der Waals surface area contributed by atoms with Gasteiger partial charge < -0.3 is 15.0 Å². The van der Waals surface area contributed by atoms with Gasteiger partial charge in [-0.05, 0) is 53.4 Å². The van der Waals surface area contributed by atoms with Crippen LogP contribution < -0.4 is 5.32 Å². The van der Waals surface area contributed by atoms with Crippen molar-refractivity contribution in [1.82, 2.24) is 20.4 Å². The predicted octanol–water partition coefficient (Wildman–Crippen LogP) is 3.10. The summed E-state index contributed by atoms with van der Waals surface area (Å²) in [6.45, 7) is 11.6. The molecule has 23 heavy (non-hydrogen) atoms. The van der Waals surface area contributed by atoms with Gasteiger partial charge in [-0.3, -0.25) is 5.10 Å². The van der Waals surface area contributed by atoms with Crippen LogP contribution >= 0.6 is 0 Å². The van der Waals surface area contributed by atoms with E-state index in [4.69, 9.17) is 4.74 Å². The molecule has 1 aliphatic rings. The third-order valence-corrected chi connectivity index (χ3v) is 4.35. The summed E-state index contributed by atoms with van der Waals surface area (Å²) in [5, 5.41) is 10.5. The average Bonchev–Trinajstić information content (AvgIpc) is 3.00. The van der Waals surface area contributed by atoms with E-state index in [1.54, 1.807) is 0 Å². The Morgan fingerprint density at radius 3 is 2.83 bits per heavy atom. The highest BCUT2D eigenvalue weighted by Crippen LogP contribution is 2.23. The third kappa shape index (κ3) is 5.23. The van der Waals surface area contributed by atoms with Gasteiger partial charge in [-0.25, -0.2) is 4.79 Å². The number of rotatable bonds is 4. The number of H-pyrrole nitrogens is 1. The number of ether oxygens (including phenoxy) is 1. The van der Waals surface area contributed by atoms with E-state index in [9.17, 15) is 4.79 Å². The lowest BCUT2D eigenvalue weighted by atomic mass is 9.91. The normalized spacial score (nSPS) is 21.8. The maximum absolute atomic E-state index is 12.3. The van der Waals surface area contributed by atoms with Crippen molar-refractivity contribution >= 4 is 6.09 Å². The molecule has 1 aromatic heterocycles. The maximum Gasteiger partial charge on any atom is 0.410 e. The summed E-state index contributed by atoms with van der Waals surface area (Å²) in [5.41, 5.74) is 0.709. The molecule has 0 radical (unpaired) electrons. The number of aromatic nitrogens is 2. The first kappa shape index (κ1) is 17.8. The number of aromatic amines is 1. The van der Waals surface area contributed by atoms with E-state index in [1.165, 1.54) is 0 Å². The van der Waals surface area contributed by atoms with E-state index in [2.05, 4.69) is 29.4 Å². The molecule has 2 N–H and O–H groups in total. The van der Waals surface area contributed by atoms with E-state index in [0.717, 1.165) is 31.5 Å². The molecule has 0 saturated carbocycles. The molecule has 2 heterocycles. The van der Waals surface area contributed by atoms with E-state index in [1.807, 2.05) is 38.1 Å². The van der Waals surface area contributed by atoms with Crippen LogP contribution in [-0.4, -0.2) is 45.9 Å². The molecule has 130 valence electrons. The van der Waals surface area contributed by atoms with E-state index in [0.29, 0.717) is 12.0 Å². The molecule has 6 heteroatoms. The maximum atomic E-state index is 12.3. The van der Waals surface area contributed by atoms with Crippen LogP contribution in [0.1, 0.15) is 59.1 Å². The molecule has 0 bridgehead atoms. The fraction of sp³-hybridized carbons (Fsp3) is 0.765. The smallest absolute Gasteiger partial charge is 0.410 e. The molecular weight excluding hydrogens is 292 g/mol. The molecule has 0 aromatic carbocycles. The van der Waals surface area contributed by atoms with Crippen LogP contribution in [0.5, 0.6) is 0 Å². The van der Waals surface area contributed by atoms with Gasteiger partial charge in [0.1, 0.15) is 5.60 Å². The number of nitrogens with one attached hydrogen (secondary N) is 2. The molecule has 1 aliphatic heterocycles. The van der Waals surface area contributed by atoms with Gasteiger partial charge in [-0.1, -0.05) is 0 Å². The molecule has 0 spiro atoms. The molecule has 1 aromatic rings. The van der Waals surface area contributed by atoms with Crippen molar-refractivity contribution in [2.45, 2.75) is 65.1 Å². The van der Waals surface area contributed by atoms with Crippen molar-refractivity contribution < 1.29 is 9.53 Å². The van der Waals surface area contributed by atoms with Crippen LogP contribution in [0.3, 0.4) is 0 Å². The summed E-state index contributed by atoms with van der Waals surface area (Å²) in [6, 6.07) is 0.561. The number of likely N-dealkylation sites (tertiary alicyclic amines) is 1. The Kier molecular flexibility index (Phi) is 5.68. The van der Waals surface area contributed by atoms with Gasteiger partial charge in [0, 0.05) is 36.9 Å². The number of piperidine rings is 1. The molecule has 1 amide bonds. The zero-order chi connectivity index (χ0) is 17.0. The van der Waals surface area contributed by atoms with Gasteiger partial charge in [0.05, 0.1) is 6.20 Å². The van der Waals surface area contributed by atoms with Crippen molar-refractivity contribution in [1.29, 1.82) is 0 Å². The topological polar surface area (TPSA) is 70.2 Å². The Hall–Kier alpha value is -1.56. The van der Waals surface area contributed by atoms with Gasteiger partial charge in [-0.15, -0.1) is 0 Å². The highest BCUT2D eigenvalue weighted by atomic mass is 16.6. The molecule has 3 unspecified atom stereocenters. The summed E-state index contributed by atoms with van der Waals surface area (Å²) < 4.78 is 5.50. The van der Waals surface area contributed by atoms with Crippen molar-refractivity contribution in [3.05, 3.63) is 18.0 Å². The number of carbonyl (C=O) groups is 1. The first-order valence-corrected chi connectivity index (χ1v) is 8.49. The molecule has 1 fully saturated rings. The molecule has 6 nitrogen and oxygen atoms in total. The zero-order valence-electron chi connectivity index (χ0n) is 14.9. The Morgan fingerprint density at radius 1 is 1.48 bits per heavy atom. The lowest BCUT2D eigenvalue weighted by molar-refractivity contribution is 0.0146. The number of hydrogen-bond donors (Lipinski definition) is 2. The lowest BCUT2D eigenvalue weighted by Crippen LogP contribution is -2.48. The van der Waals surface area contributed by atoms with E-state index < -0.39 is 5.60 Å². The minimum atomic E-state index is -0.441. The number of hydrogen-bond acceptors (Lipinski definition) is 4. The Balaban J connectivity index is 1.88. The average molecular weight is 322 g/mol. The minimum absolute atomic E-state index is 0.197. The third-order valence-electron chi connectivity index (χ3n) is 4.35. The number of amides is 1.